The maximum absolute atomic E-state index is 10.8. The van der Waals surface area contributed by atoms with Gasteiger partial charge >= 0.3 is 0 Å². The molecule has 0 spiro atoms. The van der Waals surface area contributed by atoms with Crippen LogP contribution in [0.25, 0.3) is 0 Å². The number of nitrogens with zero attached hydrogens (tertiary/aromatic N) is 1. The molecule has 1 unspecified atom stereocenters. The zero-order valence-electron chi connectivity index (χ0n) is 9.77. The highest BCUT2D eigenvalue weighted by Gasteiger charge is 2.22. The van der Waals surface area contributed by atoms with Gasteiger partial charge in [0, 0.05) is 17.2 Å². The van der Waals surface area contributed by atoms with E-state index in [-0.39, 0.29) is 16.1 Å². The zero-order valence-corrected chi connectivity index (χ0v) is 9.77. The highest BCUT2D eigenvalue weighted by atomic mass is 16.6. The number of nitrogens with two attached hydrogens (primary N) is 1. The van der Waals surface area contributed by atoms with Crippen LogP contribution in [-0.2, 0) is 6.42 Å². The molecule has 0 saturated heterocycles. The van der Waals surface area contributed by atoms with Crippen LogP contribution in [-0.4, -0.2) is 10.5 Å². The second-order valence-corrected chi connectivity index (χ2v) is 4.47. The maximum Gasteiger partial charge on any atom is 0.272 e. The van der Waals surface area contributed by atoms with Crippen molar-refractivity contribution >= 4 is 5.69 Å². The Morgan fingerprint density at radius 1 is 1.44 bits per heavy atom. The summed E-state index contributed by atoms with van der Waals surface area (Å²) in [7, 11) is 0. The van der Waals surface area contributed by atoms with Gasteiger partial charge in [-0.25, -0.2) is 0 Å². The Hall–Kier alpha value is -1.42. The fraction of sp³-hybridized carbons (Fsp3) is 0.500. The third kappa shape index (κ3) is 3.31. The fourth-order valence-electron chi connectivity index (χ4n) is 1.93. The Balaban J connectivity index is 2.92. The van der Waals surface area contributed by atoms with Crippen molar-refractivity contribution in [2.75, 3.05) is 0 Å². The first kappa shape index (κ1) is 12.6. The number of nitro groups is 1. The third-order valence-electron chi connectivity index (χ3n) is 2.60. The average molecular weight is 222 g/mol. The van der Waals surface area contributed by atoms with E-state index in [1.165, 1.54) is 6.07 Å². The van der Waals surface area contributed by atoms with Crippen molar-refractivity contribution in [3.8, 4) is 0 Å². The molecule has 1 aromatic rings. The molecule has 0 amide bonds. The lowest BCUT2D eigenvalue weighted by Gasteiger charge is -2.23. The van der Waals surface area contributed by atoms with E-state index in [4.69, 9.17) is 5.73 Å². The van der Waals surface area contributed by atoms with Gasteiger partial charge in [-0.05, 0) is 19.8 Å². The Labute approximate surface area is 95.6 Å². The molecule has 0 aliphatic heterocycles. The molecular weight excluding hydrogens is 204 g/mol. The van der Waals surface area contributed by atoms with Gasteiger partial charge in [-0.1, -0.05) is 31.5 Å². The van der Waals surface area contributed by atoms with Crippen LogP contribution >= 0.6 is 0 Å². The number of rotatable bonds is 5. The first-order valence-corrected chi connectivity index (χ1v) is 5.47. The van der Waals surface area contributed by atoms with E-state index in [1.807, 2.05) is 13.0 Å². The molecule has 0 fully saturated rings. The van der Waals surface area contributed by atoms with Gasteiger partial charge in [0.1, 0.15) is 0 Å². The molecule has 1 atom stereocenters. The summed E-state index contributed by atoms with van der Waals surface area (Å²) in [5, 5.41) is 10.8. The summed E-state index contributed by atoms with van der Waals surface area (Å²) in [4.78, 5) is 10.5. The van der Waals surface area contributed by atoms with Gasteiger partial charge in [-0.3, -0.25) is 10.1 Å². The Morgan fingerprint density at radius 3 is 2.62 bits per heavy atom. The van der Waals surface area contributed by atoms with E-state index in [9.17, 15) is 10.1 Å². The van der Waals surface area contributed by atoms with Crippen LogP contribution in [0, 0.1) is 10.1 Å². The van der Waals surface area contributed by atoms with E-state index in [0.29, 0.717) is 12.0 Å². The number of hydrogen-bond acceptors (Lipinski definition) is 3. The van der Waals surface area contributed by atoms with E-state index in [1.54, 1.807) is 12.1 Å². The molecule has 88 valence electrons. The summed E-state index contributed by atoms with van der Waals surface area (Å²) in [5.41, 5.74) is 6.61. The third-order valence-corrected chi connectivity index (χ3v) is 2.60. The number of benzene rings is 1. The predicted octanol–water partition coefficient (Wildman–Crippen LogP) is 2.65. The minimum absolute atomic E-state index is 0.162. The van der Waals surface area contributed by atoms with E-state index in [0.717, 1.165) is 12.8 Å². The summed E-state index contributed by atoms with van der Waals surface area (Å²) in [5.74, 6) is 0. The van der Waals surface area contributed by atoms with Crippen LogP contribution in [0.4, 0.5) is 5.69 Å². The average Bonchev–Trinajstić information content (AvgIpc) is 2.17. The van der Waals surface area contributed by atoms with Crippen molar-refractivity contribution in [3.63, 3.8) is 0 Å². The fourth-order valence-corrected chi connectivity index (χ4v) is 1.93. The summed E-state index contributed by atoms with van der Waals surface area (Å²) < 4.78 is 0. The van der Waals surface area contributed by atoms with E-state index < -0.39 is 0 Å². The standard InChI is InChI=1S/C12H18N2O2/c1-3-8-12(2,13)9-10-6-4-5-7-11(10)14(15)16/h4-7H,3,8-9,13H2,1-2H3. The van der Waals surface area contributed by atoms with E-state index >= 15 is 0 Å². The minimum Gasteiger partial charge on any atom is -0.325 e. The molecule has 4 heteroatoms. The normalized spacial score (nSPS) is 14.4. The van der Waals surface area contributed by atoms with Crippen LogP contribution < -0.4 is 5.73 Å². The lowest BCUT2D eigenvalue weighted by molar-refractivity contribution is -0.385. The molecule has 0 heterocycles. The smallest absolute Gasteiger partial charge is 0.272 e. The Kier molecular flexibility index (Phi) is 4.01. The van der Waals surface area contributed by atoms with Crippen molar-refractivity contribution in [1.29, 1.82) is 0 Å². The number of nitro benzene ring substituents is 1. The maximum atomic E-state index is 10.8. The summed E-state index contributed by atoms with van der Waals surface area (Å²) in [6, 6.07) is 6.79. The molecule has 0 saturated carbocycles. The highest BCUT2D eigenvalue weighted by molar-refractivity contribution is 5.40. The van der Waals surface area contributed by atoms with Crippen molar-refractivity contribution in [1.82, 2.24) is 0 Å². The van der Waals surface area contributed by atoms with E-state index in [2.05, 4.69) is 6.92 Å². The minimum atomic E-state index is -0.374. The first-order chi connectivity index (χ1) is 7.46. The van der Waals surface area contributed by atoms with Crippen LogP contribution in [0.15, 0.2) is 24.3 Å². The second kappa shape index (κ2) is 5.07. The highest BCUT2D eigenvalue weighted by Crippen LogP contribution is 2.23. The van der Waals surface area contributed by atoms with Crippen molar-refractivity contribution in [2.24, 2.45) is 5.73 Å². The monoisotopic (exact) mass is 222 g/mol. The second-order valence-electron chi connectivity index (χ2n) is 4.47. The molecule has 1 aromatic carbocycles. The molecule has 1 rings (SSSR count). The van der Waals surface area contributed by atoms with Crippen molar-refractivity contribution < 1.29 is 4.92 Å². The zero-order chi connectivity index (χ0) is 12.2. The lowest BCUT2D eigenvalue weighted by atomic mass is 9.89. The number of para-hydroxylation sites is 1. The largest absolute Gasteiger partial charge is 0.325 e. The Bertz CT molecular complexity index is 375. The number of hydrogen-bond donors (Lipinski definition) is 1. The summed E-state index contributed by atoms with van der Waals surface area (Å²) >= 11 is 0. The Morgan fingerprint density at radius 2 is 2.06 bits per heavy atom. The van der Waals surface area contributed by atoms with Crippen molar-refractivity contribution in [3.05, 3.63) is 39.9 Å². The van der Waals surface area contributed by atoms with Gasteiger partial charge in [0.25, 0.3) is 5.69 Å². The van der Waals surface area contributed by atoms with Crippen LogP contribution in [0.3, 0.4) is 0 Å². The molecule has 0 aliphatic rings. The summed E-state index contributed by atoms with van der Waals surface area (Å²) in [6.45, 7) is 4.00. The lowest BCUT2D eigenvalue weighted by Crippen LogP contribution is -2.38. The van der Waals surface area contributed by atoms with Gasteiger partial charge in [-0.2, -0.15) is 0 Å². The molecule has 2 N–H and O–H groups in total. The van der Waals surface area contributed by atoms with Gasteiger partial charge in [0.2, 0.25) is 0 Å². The van der Waals surface area contributed by atoms with Crippen molar-refractivity contribution in [2.45, 2.75) is 38.6 Å². The quantitative estimate of drug-likeness (QED) is 0.615. The van der Waals surface area contributed by atoms with Gasteiger partial charge < -0.3 is 5.73 Å². The van der Waals surface area contributed by atoms with Crippen LogP contribution in [0.2, 0.25) is 0 Å². The van der Waals surface area contributed by atoms with Gasteiger partial charge in [0.15, 0.2) is 0 Å². The van der Waals surface area contributed by atoms with Gasteiger partial charge in [0.05, 0.1) is 4.92 Å². The molecule has 0 radical (unpaired) electrons. The molecule has 0 aromatic heterocycles. The molecule has 16 heavy (non-hydrogen) atoms. The van der Waals surface area contributed by atoms with Crippen LogP contribution in [0.1, 0.15) is 32.3 Å². The van der Waals surface area contributed by atoms with Gasteiger partial charge in [-0.15, -0.1) is 0 Å². The topological polar surface area (TPSA) is 69.2 Å². The molecule has 0 bridgehead atoms. The summed E-state index contributed by atoms with van der Waals surface area (Å²) in [6.07, 6.45) is 2.38. The molecule has 0 aliphatic carbocycles. The first-order valence-electron chi connectivity index (χ1n) is 5.47. The SMILES string of the molecule is CCCC(C)(N)Cc1ccccc1[N+](=O)[O-]. The predicted molar refractivity (Wildman–Crippen MR) is 64.3 cm³/mol. The molecule has 4 nitrogen and oxygen atoms in total. The van der Waals surface area contributed by atoms with Crippen LogP contribution in [0.5, 0.6) is 0 Å². The molecular formula is C12H18N2O2.